The van der Waals surface area contributed by atoms with Gasteiger partial charge in [0.1, 0.15) is 5.82 Å². The highest BCUT2D eigenvalue weighted by Crippen LogP contribution is 2.15. The number of aromatic nitrogens is 3. The van der Waals surface area contributed by atoms with E-state index in [1.807, 2.05) is 6.92 Å². The lowest BCUT2D eigenvalue weighted by Crippen LogP contribution is -2.11. The summed E-state index contributed by atoms with van der Waals surface area (Å²) in [6.07, 6.45) is 1.79. The lowest BCUT2D eigenvalue weighted by molar-refractivity contribution is 0.577. The largest absolute Gasteiger partial charge is 0.311 e. The molecular formula is C12H14ClFN4. The molecule has 2 rings (SSSR count). The fraction of sp³-hybridized carbons (Fsp3) is 0.333. The second-order valence-electron chi connectivity index (χ2n) is 3.92. The van der Waals surface area contributed by atoms with E-state index in [4.69, 9.17) is 11.6 Å². The van der Waals surface area contributed by atoms with Crippen molar-refractivity contribution in [3.63, 3.8) is 0 Å². The Morgan fingerprint density at radius 2 is 2.28 bits per heavy atom. The van der Waals surface area contributed by atoms with Gasteiger partial charge in [0.2, 0.25) is 0 Å². The zero-order chi connectivity index (χ0) is 13.0. The third-order valence-corrected chi connectivity index (χ3v) is 2.72. The van der Waals surface area contributed by atoms with Gasteiger partial charge >= 0.3 is 0 Å². The predicted molar refractivity (Wildman–Crippen MR) is 67.9 cm³/mol. The van der Waals surface area contributed by atoms with Crippen molar-refractivity contribution < 1.29 is 4.39 Å². The van der Waals surface area contributed by atoms with E-state index in [-0.39, 0.29) is 5.82 Å². The topological polar surface area (TPSA) is 42.7 Å². The molecule has 0 bridgehead atoms. The molecule has 0 radical (unpaired) electrons. The monoisotopic (exact) mass is 268 g/mol. The Bertz CT molecular complexity index is 527. The fourth-order valence-corrected chi connectivity index (χ4v) is 1.78. The van der Waals surface area contributed by atoms with Gasteiger partial charge in [-0.1, -0.05) is 23.7 Å². The SMILES string of the molecule is CCNCc1cn(Cc2cc(Cl)ccc2F)nn1. The molecule has 2 aromatic rings. The van der Waals surface area contributed by atoms with Gasteiger partial charge in [0.05, 0.1) is 18.4 Å². The van der Waals surface area contributed by atoms with Crippen LogP contribution in [0.25, 0.3) is 0 Å². The molecule has 18 heavy (non-hydrogen) atoms. The van der Waals surface area contributed by atoms with Gasteiger partial charge in [0, 0.05) is 17.1 Å². The zero-order valence-corrected chi connectivity index (χ0v) is 10.8. The first-order chi connectivity index (χ1) is 8.69. The van der Waals surface area contributed by atoms with Gasteiger partial charge in [0.25, 0.3) is 0 Å². The minimum Gasteiger partial charge on any atom is -0.311 e. The van der Waals surface area contributed by atoms with Crippen molar-refractivity contribution in [2.75, 3.05) is 6.54 Å². The van der Waals surface area contributed by atoms with Crippen LogP contribution in [0.2, 0.25) is 5.02 Å². The number of hydrogen-bond acceptors (Lipinski definition) is 3. The van der Waals surface area contributed by atoms with Crippen molar-refractivity contribution >= 4 is 11.6 Å². The summed E-state index contributed by atoms with van der Waals surface area (Å²) in [4.78, 5) is 0. The summed E-state index contributed by atoms with van der Waals surface area (Å²) in [5.41, 5.74) is 1.33. The quantitative estimate of drug-likeness (QED) is 0.904. The van der Waals surface area contributed by atoms with E-state index >= 15 is 0 Å². The van der Waals surface area contributed by atoms with Crippen molar-refractivity contribution in [2.24, 2.45) is 0 Å². The summed E-state index contributed by atoms with van der Waals surface area (Å²) in [5, 5.41) is 11.6. The molecule has 0 atom stereocenters. The van der Waals surface area contributed by atoms with E-state index in [0.29, 0.717) is 23.7 Å². The van der Waals surface area contributed by atoms with Crippen LogP contribution < -0.4 is 5.32 Å². The van der Waals surface area contributed by atoms with E-state index in [2.05, 4.69) is 15.6 Å². The van der Waals surface area contributed by atoms with E-state index in [0.717, 1.165) is 12.2 Å². The number of benzene rings is 1. The van der Waals surface area contributed by atoms with Gasteiger partial charge in [0.15, 0.2) is 0 Å². The third kappa shape index (κ3) is 3.27. The first-order valence-corrected chi connectivity index (χ1v) is 6.10. The molecule has 0 fully saturated rings. The molecule has 1 aromatic heterocycles. The van der Waals surface area contributed by atoms with Crippen LogP contribution in [0.3, 0.4) is 0 Å². The molecule has 0 unspecified atom stereocenters. The van der Waals surface area contributed by atoms with E-state index < -0.39 is 0 Å². The Hall–Kier alpha value is -1.46. The predicted octanol–water partition coefficient (Wildman–Crippen LogP) is 2.23. The van der Waals surface area contributed by atoms with Crippen molar-refractivity contribution in [3.8, 4) is 0 Å². The first kappa shape index (κ1) is 13.0. The molecule has 0 aliphatic rings. The number of nitrogens with one attached hydrogen (secondary N) is 1. The van der Waals surface area contributed by atoms with Gasteiger partial charge in [-0.15, -0.1) is 5.10 Å². The molecule has 4 nitrogen and oxygen atoms in total. The Labute approximate surface area is 110 Å². The normalized spacial score (nSPS) is 10.8. The molecule has 1 aromatic carbocycles. The maximum atomic E-state index is 13.5. The van der Waals surface area contributed by atoms with E-state index in [9.17, 15) is 4.39 Å². The minimum atomic E-state index is -0.289. The van der Waals surface area contributed by atoms with Crippen molar-refractivity contribution in [1.82, 2.24) is 20.3 Å². The van der Waals surface area contributed by atoms with E-state index in [1.165, 1.54) is 12.1 Å². The van der Waals surface area contributed by atoms with Crippen LogP contribution in [0.15, 0.2) is 24.4 Å². The lowest BCUT2D eigenvalue weighted by atomic mass is 10.2. The maximum Gasteiger partial charge on any atom is 0.128 e. The molecule has 0 amide bonds. The second-order valence-corrected chi connectivity index (χ2v) is 4.36. The smallest absolute Gasteiger partial charge is 0.128 e. The number of nitrogens with zero attached hydrogens (tertiary/aromatic N) is 3. The average molecular weight is 269 g/mol. The highest BCUT2D eigenvalue weighted by Gasteiger charge is 2.06. The summed E-state index contributed by atoms with van der Waals surface area (Å²) >= 11 is 5.83. The third-order valence-electron chi connectivity index (χ3n) is 2.48. The van der Waals surface area contributed by atoms with Crippen LogP contribution in [-0.2, 0) is 13.1 Å². The van der Waals surface area contributed by atoms with Gasteiger partial charge < -0.3 is 5.32 Å². The molecular weight excluding hydrogens is 255 g/mol. The molecule has 0 saturated carbocycles. The molecule has 1 heterocycles. The molecule has 0 spiro atoms. The molecule has 1 N–H and O–H groups in total. The fourth-order valence-electron chi connectivity index (χ4n) is 1.59. The van der Waals surface area contributed by atoms with Crippen LogP contribution in [0, 0.1) is 5.82 Å². The molecule has 6 heteroatoms. The highest BCUT2D eigenvalue weighted by atomic mass is 35.5. The Balaban J connectivity index is 2.08. The summed E-state index contributed by atoms with van der Waals surface area (Å²) in [6.45, 7) is 3.88. The van der Waals surface area contributed by atoms with E-state index in [1.54, 1.807) is 16.9 Å². The highest BCUT2D eigenvalue weighted by molar-refractivity contribution is 6.30. The summed E-state index contributed by atoms with van der Waals surface area (Å²) in [7, 11) is 0. The van der Waals surface area contributed by atoms with Gasteiger partial charge in [-0.2, -0.15) is 0 Å². The minimum absolute atomic E-state index is 0.289. The Morgan fingerprint density at radius 3 is 3.06 bits per heavy atom. The summed E-state index contributed by atoms with van der Waals surface area (Å²) < 4.78 is 15.1. The second kappa shape index (κ2) is 5.93. The Kier molecular flexibility index (Phi) is 4.28. The molecule has 96 valence electrons. The Morgan fingerprint density at radius 1 is 1.44 bits per heavy atom. The standard InChI is InChI=1S/C12H14ClFN4/c1-2-15-6-11-8-18(17-16-11)7-9-5-10(13)3-4-12(9)14/h3-5,8,15H,2,6-7H2,1H3. The zero-order valence-electron chi connectivity index (χ0n) is 10.0. The number of hydrogen-bond donors (Lipinski definition) is 1. The number of rotatable bonds is 5. The summed E-state index contributed by atoms with van der Waals surface area (Å²) in [6, 6.07) is 4.48. The van der Waals surface area contributed by atoms with Crippen molar-refractivity contribution in [1.29, 1.82) is 0 Å². The maximum absolute atomic E-state index is 13.5. The molecule has 0 aliphatic heterocycles. The average Bonchev–Trinajstić information content (AvgIpc) is 2.79. The summed E-state index contributed by atoms with van der Waals surface area (Å²) in [5.74, 6) is -0.289. The molecule has 0 saturated heterocycles. The van der Waals surface area contributed by atoms with Gasteiger partial charge in [-0.3, -0.25) is 0 Å². The van der Waals surface area contributed by atoms with Crippen LogP contribution in [0.5, 0.6) is 0 Å². The van der Waals surface area contributed by atoms with Crippen molar-refractivity contribution in [2.45, 2.75) is 20.0 Å². The number of halogens is 2. The van der Waals surface area contributed by atoms with Gasteiger partial charge in [-0.05, 0) is 24.7 Å². The van der Waals surface area contributed by atoms with Crippen LogP contribution in [-0.4, -0.2) is 21.5 Å². The van der Waals surface area contributed by atoms with Gasteiger partial charge in [-0.25, -0.2) is 9.07 Å². The van der Waals surface area contributed by atoms with Crippen LogP contribution in [0.1, 0.15) is 18.2 Å². The van der Waals surface area contributed by atoms with Crippen molar-refractivity contribution in [3.05, 3.63) is 46.5 Å². The van der Waals surface area contributed by atoms with Crippen LogP contribution in [0.4, 0.5) is 4.39 Å². The molecule has 0 aliphatic carbocycles. The van der Waals surface area contributed by atoms with Crippen LogP contribution >= 0.6 is 11.6 Å². The lowest BCUT2D eigenvalue weighted by Gasteiger charge is -2.03. The first-order valence-electron chi connectivity index (χ1n) is 5.72.